The Kier molecular flexibility index (Phi) is 6.43. The van der Waals surface area contributed by atoms with Crippen molar-refractivity contribution in [3.63, 3.8) is 0 Å². The van der Waals surface area contributed by atoms with Crippen molar-refractivity contribution in [1.29, 1.82) is 0 Å². The second-order valence-electron chi connectivity index (χ2n) is 8.01. The number of nitrogens with one attached hydrogen (secondary N) is 3. The van der Waals surface area contributed by atoms with Crippen LogP contribution in [0.4, 0.5) is 42.1 Å². The average molecular weight is 523 g/mol. The molecule has 1 aromatic carbocycles. The van der Waals surface area contributed by atoms with Gasteiger partial charge < -0.3 is 16.0 Å². The first-order valence-electron chi connectivity index (χ1n) is 10.5. The number of aryl methyl sites for hydroxylation is 1. The zero-order valence-corrected chi connectivity index (χ0v) is 20.1. The van der Waals surface area contributed by atoms with Gasteiger partial charge in [-0.05, 0) is 18.6 Å². The molecule has 0 atom stereocenters. The molecule has 4 rings (SSSR count). The predicted octanol–water partition coefficient (Wildman–Crippen LogP) is 2.84. The molecule has 0 bridgehead atoms. The lowest BCUT2D eigenvalue weighted by Crippen LogP contribution is -2.26. The predicted molar refractivity (Wildman–Crippen MR) is 126 cm³/mol. The Balaban J connectivity index is 1.62. The Morgan fingerprint density at radius 3 is 2.64 bits per heavy atom. The minimum Gasteiger partial charge on any atom is -0.362 e. The number of sulfonamides is 1. The van der Waals surface area contributed by atoms with Crippen molar-refractivity contribution in [3.05, 3.63) is 53.1 Å². The molecular weight excluding hydrogens is 501 g/mol. The summed E-state index contributed by atoms with van der Waals surface area (Å²) in [5, 5.41) is 8.12. The van der Waals surface area contributed by atoms with Crippen LogP contribution in [0.25, 0.3) is 0 Å². The number of hydrogen-bond acceptors (Lipinski definition) is 9. The van der Waals surface area contributed by atoms with Gasteiger partial charge in [0.1, 0.15) is 23.0 Å². The normalized spacial score (nSPS) is 13.2. The molecule has 0 radical (unpaired) electrons. The van der Waals surface area contributed by atoms with Crippen LogP contribution < -0.4 is 20.3 Å². The molecular formula is C21H21F3N8O3S. The largest absolute Gasteiger partial charge is 0.421 e. The average Bonchev–Trinajstić information content (AvgIpc) is 3.17. The van der Waals surface area contributed by atoms with Gasteiger partial charge in [-0.2, -0.15) is 18.2 Å². The summed E-state index contributed by atoms with van der Waals surface area (Å²) >= 11 is 0. The molecule has 3 heterocycles. The van der Waals surface area contributed by atoms with Crippen molar-refractivity contribution >= 4 is 44.9 Å². The van der Waals surface area contributed by atoms with E-state index in [9.17, 15) is 26.4 Å². The Labute approximate surface area is 204 Å². The summed E-state index contributed by atoms with van der Waals surface area (Å²) in [5.41, 5.74) is 0.992. The zero-order chi connectivity index (χ0) is 26.3. The number of nitrogens with zero attached hydrogens (tertiary/aromatic N) is 5. The number of alkyl halides is 3. The molecule has 1 aliphatic rings. The minimum atomic E-state index is -4.75. The van der Waals surface area contributed by atoms with Crippen LogP contribution in [-0.4, -0.2) is 47.6 Å². The lowest BCUT2D eigenvalue weighted by molar-refractivity contribution is -0.137. The number of para-hydroxylation sites is 1. The zero-order valence-electron chi connectivity index (χ0n) is 19.3. The van der Waals surface area contributed by atoms with E-state index >= 15 is 0 Å². The first-order chi connectivity index (χ1) is 16.8. The van der Waals surface area contributed by atoms with Crippen molar-refractivity contribution in [3.8, 4) is 0 Å². The van der Waals surface area contributed by atoms with Gasteiger partial charge in [-0.15, -0.1) is 0 Å². The van der Waals surface area contributed by atoms with Gasteiger partial charge in [0.25, 0.3) is 0 Å². The Bertz CT molecular complexity index is 1450. The highest BCUT2D eigenvalue weighted by Gasteiger charge is 2.35. The van der Waals surface area contributed by atoms with E-state index in [4.69, 9.17) is 0 Å². The standard InChI is InChI=1S/C21H21F3N8O3S/c1-11-7-16(32(2)36(3,34)35)29-15(27-11)10-25-19-13(21(22,23)24)9-26-20(31-19)28-14-6-4-5-12-8-17(33)30-18(12)14/h4-7,9H,8,10H2,1-3H3,(H,30,33)(H2,25,26,28,31). The number of benzene rings is 1. The van der Waals surface area contributed by atoms with Gasteiger partial charge in [0.15, 0.2) is 0 Å². The highest BCUT2D eigenvalue weighted by molar-refractivity contribution is 7.92. The molecule has 0 saturated carbocycles. The summed E-state index contributed by atoms with van der Waals surface area (Å²) in [6.07, 6.45) is -2.92. The molecule has 0 spiro atoms. The lowest BCUT2D eigenvalue weighted by Gasteiger charge is -2.18. The number of rotatable bonds is 7. The maximum absolute atomic E-state index is 13.6. The van der Waals surface area contributed by atoms with Crippen LogP contribution in [0, 0.1) is 6.92 Å². The first-order valence-corrected chi connectivity index (χ1v) is 12.3. The van der Waals surface area contributed by atoms with Crippen LogP contribution in [-0.2, 0) is 34.0 Å². The lowest BCUT2D eigenvalue weighted by atomic mass is 10.1. The number of aromatic nitrogens is 4. The number of carbonyl (C=O) groups is 1. The van der Waals surface area contributed by atoms with E-state index < -0.39 is 27.6 Å². The number of halogens is 3. The topological polar surface area (TPSA) is 142 Å². The van der Waals surface area contributed by atoms with Crippen LogP contribution in [0.3, 0.4) is 0 Å². The number of hydrogen-bond donors (Lipinski definition) is 3. The fraction of sp³-hybridized carbons (Fsp3) is 0.286. The van der Waals surface area contributed by atoms with Gasteiger partial charge in [-0.25, -0.2) is 23.4 Å². The highest BCUT2D eigenvalue weighted by Crippen LogP contribution is 2.36. The first kappa shape index (κ1) is 25.1. The summed E-state index contributed by atoms with van der Waals surface area (Å²) in [5.74, 6) is -0.732. The van der Waals surface area contributed by atoms with Gasteiger partial charge in [0, 0.05) is 25.0 Å². The van der Waals surface area contributed by atoms with E-state index in [1.54, 1.807) is 25.1 Å². The Morgan fingerprint density at radius 1 is 1.19 bits per heavy atom. The van der Waals surface area contributed by atoms with Crippen LogP contribution >= 0.6 is 0 Å². The molecule has 0 aliphatic carbocycles. The SMILES string of the molecule is Cc1cc(N(C)S(C)(=O)=O)nc(CNc2nc(Nc3cccc4c3NC(=O)C4)ncc2C(F)(F)F)n1. The molecule has 0 unspecified atom stereocenters. The van der Waals surface area contributed by atoms with Crippen molar-refractivity contribution in [2.24, 2.45) is 0 Å². The van der Waals surface area contributed by atoms with Crippen LogP contribution in [0.1, 0.15) is 22.6 Å². The molecule has 0 fully saturated rings. The van der Waals surface area contributed by atoms with Crippen LogP contribution in [0.5, 0.6) is 0 Å². The summed E-state index contributed by atoms with van der Waals surface area (Å²) in [4.78, 5) is 27.8. The highest BCUT2D eigenvalue weighted by atomic mass is 32.2. The van der Waals surface area contributed by atoms with Crippen molar-refractivity contribution in [2.75, 3.05) is 33.6 Å². The summed E-state index contributed by atoms with van der Waals surface area (Å²) in [6, 6.07) is 6.54. The molecule has 36 heavy (non-hydrogen) atoms. The molecule has 1 amide bonds. The van der Waals surface area contributed by atoms with Gasteiger partial charge in [0.05, 0.1) is 30.6 Å². The van der Waals surface area contributed by atoms with Crippen molar-refractivity contribution < 1.29 is 26.4 Å². The monoisotopic (exact) mass is 522 g/mol. The second-order valence-corrected chi connectivity index (χ2v) is 10.0. The summed E-state index contributed by atoms with van der Waals surface area (Å²) in [7, 11) is -2.30. The van der Waals surface area contributed by atoms with Crippen molar-refractivity contribution in [2.45, 2.75) is 26.1 Å². The third-order valence-electron chi connectivity index (χ3n) is 5.23. The van der Waals surface area contributed by atoms with E-state index in [0.717, 1.165) is 16.1 Å². The third kappa shape index (κ3) is 5.45. The summed E-state index contributed by atoms with van der Waals surface area (Å²) in [6.45, 7) is 1.33. The van der Waals surface area contributed by atoms with Crippen LogP contribution in [0.2, 0.25) is 0 Å². The molecule has 3 N–H and O–H groups in total. The molecule has 15 heteroatoms. The van der Waals surface area contributed by atoms with Gasteiger partial charge in [0.2, 0.25) is 21.9 Å². The fourth-order valence-electron chi connectivity index (χ4n) is 3.45. The van der Waals surface area contributed by atoms with E-state index in [0.29, 0.717) is 23.3 Å². The van der Waals surface area contributed by atoms with Crippen LogP contribution in [0.15, 0.2) is 30.5 Å². The third-order valence-corrected chi connectivity index (χ3v) is 6.41. The quantitative estimate of drug-likeness (QED) is 0.427. The van der Waals surface area contributed by atoms with E-state index in [1.807, 2.05) is 0 Å². The van der Waals surface area contributed by atoms with Gasteiger partial charge in [-0.1, -0.05) is 12.1 Å². The fourth-order valence-corrected chi connectivity index (χ4v) is 3.88. The molecule has 0 saturated heterocycles. The summed E-state index contributed by atoms with van der Waals surface area (Å²) < 4.78 is 65.5. The number of carbonyl (C=O) groups excluding carboxylic acids is 1. The second kappa shape index (κ2) is 9.22. The van der Waals surface area contributed by atoms with E-state index in [1.165, 1.54) is 13.1 Å². The molecule has 2 aromatic heterocycles. The Morgan fingerprint density at radius 2 is 1.94 bits per heavy atom. The number of anilines is 5. The minimum absolute atomic E-state index is 0.0605. The maximum atomic E-state index is 13.6. The smallest absolute Gasteiger partial charge is 0.362 e. The number of fused-ring (bicyclic) bond motifs is 1. The van der Waals surface area contributed by atoms with Crippen molar-refractivity contribution in [1.82, 2.24) is 19.9 Å². The van der Waals surface area contributed by atoms with E-state index in [-0.39, 0.29) is 36.5 Å². The number of amides is 1. The van der Waals surface area contributed by atoms with Gasteiger partial charge in [-0.3, -0.25) is 9.10 Å². The van der Waals surface area contributed by atoms with E-state index in [2.05, 4.69) is 35.9 Å². The molecule has 3 aromatic rings. The maximum Gasteiger partial charge on any atom is 0.421 e. The van der Waals surface area contributed by atoms with Gasteiger partial charge >= 0.3 is 6.18 Å². The molecule has 190 valence electrons. The molecule has 11 nitrogen and oxygen atoms in total. The Hall–Kier alpha value is -4.01. The molecule has 1 aliphatic heterocycles.